The minimum atomic E-state index is -0.476. The highest BCUT2D eigenvalue weighted by molar-refractivity contribution is 6.33. The average Bonchev–Trinajstić information content (AvgIpc) is 2.75. The molecule has 1 aromatic carbocycles. The Hall–Kier alpha value is -1.88. The van der Waals surface area contributed by atoms with E-state index in [1.807, 2.05) is 6.92 Å². The topological polar surface area (TPSA) is 57.8 Å². The van der Waals surface area contributed by atoms with Crippen LogP contribution in [0.2, 0.25) is 5.02 Å². The van der Waals surface area contributed by atoms with Gasteiger partial charge in [0, 0.05) is 11.9 Å². The van der Waals surface area contributed by atoms with Crippen LogP contribution < -0.4 is 5.32 Å². The van der Waals surface area contributed by atoms with Crippen LogP contribution in [0.25, 0.3) is 0 Å². The van der Waals surface area contributed by atoms with Gasteiger partial charge in [-0.2, -0.15) is 0 Å². The van der Waals surface area contributed by atoms with Crippen molar-refractivity contribution in [3.63, 3.8) is 0 Å². The normalized spacial score (nSPS) is 12.2. The predicted octanol–water partition coefficient (Wildman–Crippen LogP) is 3.00. The van der Waals surface area contributed by atoms with Crippen LogP contribution in [0.5, 0.6) is 0 Å². The van der Waals surface area contributed by atoms with Crippen LogP contribution >= 0.6 is 11.6 Å². The van der Waals surface area contributed by atoms with Gasteiger partial charge in [0.05, 0.1) is 16.6 Å². The van der Waals surface area contributed by atoms with Gasteiger partial charge in [0.15, 0.2) is 0 Å². The summed E-state index contributed by atoms with van der Waals surface area (Å²) in [4.78, 5) is 19.2. The number of nitrogens with one attached hydrogen (secondary N) is 2. The molecule has 1 heterocycles. The number of imidazole rings is 1. The Balaban J connectivity index is 2.12. The number of amides is 1. The number of rotatable bonds is 3. The molecule has 0 bridgehead atoms. The minimum absolute atomic E-state index is 0.0836. The second kappa shape index (κ2) is 5.40. The fraction of sp³-hybridized carbons (Fsp3) is 0.231. The summed E-state index contributed by atoms with van der Waals surface area (Å²) in [6.07, 6.45) is 1.68. The molecule has 0 fully saturated rings. The number of carbonyl (C=O) groups is 1. The highest BCUT2D eigenvalue weighted by atomic mass is 35.5. The lowest BCUT2D eigenvalue weighted by atomic mass is 10.2. The van der Waals surface area contributed by atoms with Crippen LogP contribution in [0.15, 0.2) is 24.4 Å². The molecule has 2 rings (SSSR count). The van der Waals surface area contributed by atoms with E-state index < -0.39 is 5.82 Å². The molecule has 1 atom stereocenters. The highest BCUT2D eigenvalue weighted by Gasteiger charge is 2.16. The molecule has 1 aromatic heterocycles. The average molecular weight is 282 g/mol. The molecule has 0 aliphatic rings. The van der Waals surface area contributed by atoms with Crippen LogP contribution in [0.3, 0.4) is 0 Å². The molecule has 100 valence electrons. The third-order valence-electron chi connectivity index (χ3n) is 2.66. The molecule has 0 saturated heterocycles. The summed E-state index contributed by atoms with van der Waals surface area (Å²) in [5.74, 6) is -0.188. The number of benzene rings is 1. The molecule has 1 amide bonds. The number of hydrogen-bond acceptors (Lipinski definition) is 2. The summed E-state index contributed by atoms with van der Waals surface area (Å²) >= 11 is 5.83. The van der Waals surface area contributed by atoms with E-state index in [0.717, 1.165) is 11.8 Å². The molecular weight excluding hydrogens is 269 g/mol. The fourth-order valence-corrected chi connectivity index (χ4v) is 1.92. The van der Waals surface area contributed by atoms with E-state index in [1.165, 1.54) is 12.1 Å². The summed E-state index contributed by atoms with van der Waals surface area (Å²) in [5, 5.41) is 2.83. The first-order valence-electron chi connectivity index (χ1n) is 5.75. The van der Waals surface area contributed by atoms with E-state index in [9.17, 15) is 9.18 Å². The molecule has 0 aliphatic carbocycles. The van der Waals surface area contributed by atoms with Crippen molar-refractivity contribution >= 4 is 17.5 Å². The van der Waals surface area contributed by atoms with Gasteiger partial charge in [-0.1, -0.05) is 11.6 Å². The number of hydrogen-bond donors (Lipinski definition) is 2. The van der Waals surface area contributed by atoms with Gasteiger partial charge >= 0.3 is 0 Å². The van der Waals surface area contributed by atoms with Gasteiger partial charge in [0.2, 0.25) is 0 Å². The monoisotopic (exact) mass is 281 g/mol. The van der Waals surface area contributed by atoms with Gasteiger partial charge in [-0.15, -0.1) is 0 Å². The lowest BCUT2D eigenvalue weighted by Gasteiger charge is -2.12. The molecule has 0 radical (unpaired) electrons. The van der Waals surface area contributed by atoms with E-state index in [0.29, 0.717) is 5.82 Å². The number of carbonyl (C=O) groups excluding carboxylic acids is 1. The largest absolute Gasteiger partial charge is 0.344 e. The van der Waals surface area contributed by atoms with Gasteiger partial charge in [0.25, 0.3) is 5.91 Å². The first-order chi connectivity index (χ1) is 8.97. The van der Waals surface area contributed by atoms with Crippen molar-refractivity contribution in [3.05, 3.63) is 52.3 Å². The van der Waals surface area contributed by atoms with E-state index in [-0.39, 0.29) is 22.5 Å². The van der Waals surface area contributed by atoms with Crippen LogP contribution in [0.4, 0.5) is 4.39 Å². The predicted molar refractivity (Wildman–Crippen MR) is 70.6 cm³/mol. The SMILES string of the molecule is Cc1cnc(C(C)NC(=O)c2ccc(F)cc2Cl)[nH]1. The zero-order chi connectivity index (χ0) is 14.0. The molecule has 19 heavy (non-hydrogen) atoms. The van der Waals surface area contributed by atoms with Crippen molar-refractivity contribution in [3.8, 4) is 0 Å². The van der Waals surface area contributed by atoms with Crippen molar-refractivity contribution in [2.45, 2.75) is 19.9 Å². The third-order valence-corrected chi connectivity index (χ3v) is 2.97. The fourth-order valence-electron chi connectivity index (χ4n) is 1.67. The van der Waals surface area contributed by atoms with Gasteiger partial charge in [-0.25, -0.2) is 9.37 Å². The first kappa shape index (κ1) is 13.5. The molecule has 6 heteroatoms. The van der Waals surface area contributed by atoms with E-state index in [2.05, 4.69) is 15.3 Å². The summed E-state index contributed by atoms with van der Waals surface area (Å²) in [6.45, 7) is 3.68. The molecule has 2 aromatic rings. The third kappa shape index (κ3) is 3.12. The summed E-state index contributed by atoms with van der Waals surface area (Å²) in [7, 11) is 0. The Kier molecular flexibility index (Phi) is 3.85. The first-order valence-corrected chi connectivity index (χ1v) is 6.12. The van der Waals surface area contributed by atoms with E-state index in [1.54, 1.807) is 13.1 Å². The quantitative estimate of drug-likeness (QED) is 0.909. The second-order valence-corrected chi connectivity index (χ2v) is 4.68. The lowest BCUT2D eigenvalue weighted by Crippen LogP contribution is -2.27. The van der Waals surface area contributed by atoms with Crippen LogP contribution in [-0.4, -0.2) is 15.9 Å². The van der Waals surface area contributed by atoms with Crippen molar-refractivity contribution in [2.24, 2.45) is 0 Å². The zero-order valence-corrected chi connectivity index (χ0v) is 11.3. The van der Waals surface area contributed by atoms with Gasteiger partial charge in [-0.05, 0) is 32.0 Å². The molecular formula is C13H13ClFN3O. The van der Waals surface area contributed by atoms with Crippen LogP contribution in [0.1, 0.15) is 34.8 Å². The van der Waals surface area contributed by atoms with E-state index in [4.69, 9.17) is 11.6 Å². The number of nitrogens with zero attached hydrogens (tertiary/aromatic N) is 1. The molecule has 1 unspecified atom stereocenters. The second-order valence-electron chi connectivity index (χ2n) is 4.27. The Bertz CT molecular complexity index is 612. The Morgan fingerprint density at radius 3 is 2.84 bits per heavy atom. The van der Waals surface area contributed by atoms with E-state index >= 15 is 0 Å². The maximum atomic E-state index is 12.9. The maximum absolute atomic E-state index is 12.9. The standard InChI is InChI=1S/C13H13ClFN3O/c1-7-6-16-12(17-7)8(2)18-13(19)10-4-3-9(15)5-11(10)14/h3-6,8H,1-2H3,(H,16,17)(H,18,19). The van der Waals surface area contributed by atoms with Gasteiger partial charge in [-0.3, -0.25) is 4.79 Å². The van der Waals surface area contributed by atoms with Crippen molar-refractivity contribution in [2.75, 3.05) is 0 Å². The Morgan fingerprint density at radius 2 is 2.26 bits per heavy atom. The highest BCUT2D eigenvalue weighted by Crippen LogP contribution is 2.18. The Morgan fingerprint density at radius 1 is 1.53 bits per heavy atom. The van der Waals surface area contributed by atoms with Crippen molar-refractivity contribution in [1.29, 1.82) is 0 Å². The smallest absolute Gasteiger partial charge is 0.253 e. The zero-order valence-electron chi connectivity index (χ0n) is 10.5. The Labute approximate surface area is 115 Å². The summed E-state index contributed by atoms with van der Waals surface area (Å²) in [5.41, 5.74) is 1.15. The number of aromatic nitrogens is 2. The molecule has 0 aliphatic heterocycles. The molecule has 0 saturated carbocycles. The number of aromatic amines is 1. The molecule has 0 spiro atoms. The van der Waals surface area contributed by atoms with Gasteiger partial charge < -0.3 is 10.3 Å². The maximum Gasteiger partial charge on any atom is 0.253 e. The molecule has 4 nitrogen and oxygen atoms in total. The van der Waals surface area contributed by atoms with Crippen LogP contribution in [0, 0.1) is 12.7 Å². The summed E-state index contributed by atoms with van der Waals surface area (Å²) < 4.78 is 12.9. The minimum Gasteiger partial charge on any atom is -0.344 e. The molecule has 2 N–H and O–H groups in total. The van der Waals surface area contributed by atoms with Gasteiger partial charge in [0.1, 0.15) is 11.6 Å². The van der Waals surface area contributed by atoms with Crippen molar-refractivity contribution in [1.82, 2.24) is 15.3 Å². The summed E-state index contributed by atoms with van der Waals surface area (Å²) in [6, 6.07) is 3.37. The lowest BCUT2D eigenvalue weighted by molar-refractivity contribution is 0.0938. The van der Waals surface area contributed by atoms with Crippen molar-refractivity contribution < 1.29 is 9.18 Å². The number of H-pyrrole nitrogens is 1. The number of halogens is 2. The number of aryl methyl sites for hydroxylation is 1. The van der Waals surface area contributed by atoms with Crippen LogP contribution in [-0.2, 0) is 0 Å².